The van der Waals surface area contributed by atoms with Crippen LogP contribution in [0.4, 0.5) is 18.9 Å². The molecule has 1 aromatic carbocycles. The fraction of sp³-hybridized carbons (Fsp3) is 0.500. The van der Waals surface area contributed by atoms with E-state index in [2.05, 4.69) is 0 Å². The fourth-order valence-corrected chi connectivity index (χ4v) is 2.39. The molecule has 2 rings (SSSR count). The topological polar surface area (TPSA) is 23.6 Å². The van der Waals surface area contributed by atoms with Crippen LogP contribution in [0, 0.1) is 6.92 Å². The monoisotopic (exact) mass is 286 g/mol. The van der Waals surface area contributed by atoms with Crippen LogP contribution in [0.2, 0.25) is 0 Å². The van der Waals surface area contributed by atoms with Gasteiger partial charge >= 0.3 is 6.18 Å². The molecule has 0 N–H and O–H groups in total. The third kappa shape index (κ3) is 3.05. The second kappa shape index (κ2) is 5.34. The third-order valence-corrected chi connectivity index (χ3v) is 3.62. The smallest absolute Gasteiger partial charge is 0.368 e. The molecule has 1 fully saturated rings. The molecule has 0 unspecified atom stereocenters. The molecule has 20 heavy (non-hydrogen) atoms. The lowest BCUT2D eigenvalue weighted by Crippen LogP contribution is -2.48. The van der Waals surface area contributed by atoms with Crippen LogP contribution in [0.1, 0.15) is 18.1 Å². The first-order valence-corrected chi connectivity index (χ1v) is 6.47. The van der Waals surface area contributed by atoms with Crippen molar-refractivity contribution in [2.75, 3.05) is 31.1 Å². The molecule has 1 heterocycles. The van der Waals surface area contributed by atoms with Crippen LogP contribution < -0.4 is 4.90 Å². The lowest BCUT2D eigenvalue weighted by atomic mass is 10.1. The Kier molecular flexibility index (Phi) is 3.92. The van der Waals surface area contributed by atoms with E-state index in [-0.39, 0.29) is 11.5 Å². The van der Waals surface area contributed by atoms with E-state index >= 15 is 0 Å². The van der Waals surface area contributed by atoms with E-state index in [1.807, 2.05) is 4.90 Å². The van der Waals surface area contributed by atoms with Gasteiger partial charge in [0, 0.05) is 38.8 Å². The molecule has 1 aliphatic rings. The summed E-state index contributed by atoms with van der Waals surface area (Å²) in [7, 11) is 0. The Hall–Kier alpha value is -1.72. The predicted molar refractivity (Wildman–Crippen MR) is 70.6 cm³/mol. The molecule has 110 valence electrons. The van der Waals surface area contributed by atoms with E-state index in [1.165, 1.54) is 26.0 Å². The largest absolute Gasteiger partial charge is 0.416 e. The van der Waals surface area contributed by atoms with Gasteiger partial charge < -0.3 is 9.80 Å². The second-order valence-corrected chi connectivity index (χ2v) is 4.99. The number of alkyl halides is 3. The lowest BCUT2D eigenvalue weighted by Gasteiger charge is -2.36. The molecule has 0 radical (unpaired) electrons. The summed E-state index contributed by atoms with van der Waals surface area (Å²) in [5, 5.41) is 0. The van der Waals surface area contributed by atoms with Gasteiger partial charge in [0.1, 0.15) is 0 Å². The van der Waals surface area contributed by atoms with Gasteiger partial charge in [0.15, 0.2) is 0 Å². The number of benzene rings is 1. The zero-order valence-electron chi connectivity index (χ0n) is 11.5. The molecular formula is C14H17F3N2O. The maximum atomic E-state index is 12.9. The standard InChI is InChI=1S/C14H17F3N2O/c1-10-3-4-12(9-13(10)14(15,16)17)19-7-5-18(6-8-19)11(2)20/h3-4,9H,5-8H2,1-2H3. The van der Waals surface area contributed by atoms with Gasteiger partial charge in [0.25, 0.3) is 0 Å². The second-order valence-electron chi connectivity index (χ2n) is 4.99. The summed E-state index contributed by atoms with van der Waals surface area (Å²) >= 11 is 0. The molecule has 0 aliphatic carbocycles. The number of anilines is 1. The Morgan fingerprint density at radius 1 is 1.15 bits per heavy atom. The molecule has 0 spiro atoms. The van der Waals surface area contributed by atoms with Gasteiger partial charge in [-0.05, 0) is 24.6 Å². The van der Waals surface area contributed by atoms with Crippen molar-refractivity contribution >= 4 is 11.6 Å². The number of amides is 1. The quantitative estimate of drug-likeness (QED) is 0.792. The minimum absolute atomic E-state index is 0.00420. The number of halogens is 3. The summed E-state index contributed by atoms with van der Waals surface area (Å²) in [6.07, 6.45) is -4.33. The van der Waals surface area contributed by atoms with Crippen LogP contribution in [0.25, 0.3) is 0 Å². The normalized spacial score (nSPS) is 16.4. The van der Waals surface area contributed by atoms with Crippen molar-refractivity contribution in [3.05, 3.63) is 29.3 Å². The Morgan fingerprint density at radius 2 is 1.75 bits per heavy atom. The average molecular weight is 286 g/mol. The van der Waals surface area contributed by atoms with Gasteiger partial charge in [-0.25, -0.2) is 0 Å². The maximum Gasteiger partial charge on any atom is 0.416 e. The van der Waals surface area contributed by atoms with Crippen molar-refractivity contribution in [3.8, 4) is 0 Å². The van der Waals surface area contributed by atoms with E-state index in [0.717, 1.165) is 0 Å². The van der Waals surface area contributed by atoms with Crippen LogP contribution in [-0.4, -0.2) is 37.0 Å². The average Bonchev–Trinajstić information content (AvgIpc) is 2.38. The molecule has 1 aliphatic heterocycles. The Morgan fingerprint density at radius 3 is 2.25 bits per heavy atom. The SMILES string of the molecule is CC(=O)N1CCN(c2ccc(C)c(C(F)(F)F)c2)CC1. The number of rotatable bonds is 1. The van der Waals surface area contributed by atoms with Crippen molar-refractivity contribution in [2.45, 2.75) is 20.0 Å². The van der Waals surface area contributed by atoms with Gasteiger partial charge in [-0.1, -0.05) is 6.07 Å². The third-order valence-electron chi connectivity index (χ3n) is 3.62. The molecule has 6 heteroatoms. The van der Waals surface area contributed by atoms with E-state index in [0.29, 0.717) is 31.9 Å². The molecule has 0 bridgehead atoms. The highest BCUT2D eigenvalue weighted by Crippen LogP contribution is 2.34. The predicted octanol–water partition coefficient (Wildman–Crippen LogP) is 2.68. The number of nitrogens with zero attached hydrogens (tertiary/aromatic N) is 2. The van der Waals surface area contributed by atoms with Crippen LogP contribution >= 0.6 is 0 Å². The highest BCUT2D eigenvalue weighted by Gasteiger charge is 2.33. The van der Waals surface area contributed by atoms with Gasteiger partial charge in [-0.3, -0.25) is 4.79 Å². The van der Waals surface area contributed by atoms with Crippen LogP contribution in [-0.2, 0) is 11.0 Å². The molecule has 1 saturated heterocycles. The maximum absolute atomic E-state index is 12.9. The molecule has 0 atom stereocenters. The number of carbonyl (C=O) groups is 1. The molecule has 1 aromatic rings. The summed E-state index contributed by atoms with van der Waals surface area (Å²) in [6.45, 7) is 5.17. The molecule has 0 saturated carbocycles. The molecule has 3 nitrogen and oxygen atoms in total. The van der Waals surface area contributed by atoms with Crippen molar-refractivity contribution in [1.82, 2.24) is 4.90 Å². The Balaban J connectivity index is 2.17. The summed E-state index contributed by atoms with van der Waals surface area (Å²) < 4.78 is 38.7. The lowest BCUT2D eigenvalue weighted by molar-refractivity contribution is -0.138. The minimum atomic E-state index is -4.33. The van der Waals surface area contributed by atoms with Crippen molar-refractivity contribution < 1.29 is 18.0 Å². The Bertz CT molecular complexity index is 506. The van der Waals surface area contributed by atoms with Crippen LogP contribution in [0.3, 0.4) is 0 Å². The number of hydrogen-bond acceptors (Lipinski definition) is 2. The van der Waals surface area contributed by atoms with E-state index < -0.39 is 11.7 Å². The Labute approximate surface area is 116 Å². The van der Waals surface area contributed by atoms with Crippen molar-refractivity contribution in [1.29, 1.82) is 0 Å². The summed E-state index contributed by atoms with van der Waals surface area (Å²) in [5.41, 5.74) is 0.193. The van der Waals surface area contributed by atoms with Crippen LogP contribution in [0.5, 0.6) is 0 Å². The molecule has 0 aromatic heterocycles. The summed E-state index contributed by atoms with van der Waals surface area (Å²) in [6, 6.07) is 4.39. The first-order chi connectivity index (χ1) is 9.29. The van der Waals surface area contributed by atoms with E-state index in [1.54, 1.807) is 11.0 Å². The first-order valence-electron chi connectivity index (χ1n) is 6.47. The fourth-order valence-electron chi connectivity index (χ4n) is 2.39. The van der Waals surface area contributed by atoms with Gasteiger partial charge in [0.2, 0.25) is 5.91 Å². The number of aryl methyl sites for hydroxylation is 1. The molecular weight excluding hydrogens is 269 g/mol. The highest BCUT2D eigenvalue weighted by molar-refractivity contribution is 5.73. The van der Waals surface area contributed by atoms with E-state index in [4.69, 9.17) is 0 Å². The zero-order valence-corrected chi connectivity index (χ0v) is 11.5. The van der Waals surface area contributed by atoms with Gasteiger partial charge in [-0.2, -0.15) is 13.2 Å². The van der Waals surface area contributed by atoms with Gasteiger partial charge in [-0.15, -0.1) is 0 Å². The summed E-state index contributed by atoms with van der Waals surface area (Å²) in [4.78, 5) is 14.8. The van der Waals surface area contributed by atoms with Crippen molar-refractivity contribution in [3.63, 3.8) is 0 Å². The van der Waals surface area contributed by atoms with Gasteiger partial charge in [0.05, 0.1) is 5.56 Å². The first kappa shape index (κ1) is 14.7. The number of carbonyl (C=O) groups excluding carboxylic acids is 1. The minimum Gasteiger partial charge on any atom is -0.368 e. The number of hydrogen-bond donors (Lipinski definition) is 0. The molecule has 1 amide bonds. The summed E-state index contributed by atoms with van der Waals surface area (Å²) in [5.74, 6) is 0.00420. The zero-order chi connectivity index (χ0) is 14.9. The number of piperazine rings is 1. The highest BCUT2D eigenvalue weighted by atomic mass is 19.4. The van der Waals surface area contributed by atoms with Crippen LogP contribution in [0.15, 0.2) is 18.2 Å². The van der Waals surface area contributed by atoms with Crippen molar-refractivity contribution in [2.24, 2.45) is 0 Å². The van der Waals surface area contributed by atoms with E-state index in [9.17, 15) is 18.0 Å².